The summed E-state index contributed by atoms with van der Waals surface area (Å²) in [6.07, 6.45) is -3.80. The molecular formula is C10H11F3N2O2. The highest BCUT2D eigenvalue weighted by Crippen LogP contribution is 2.29. The van der Waals surface area contributed by atoms with Crippen molar-refractivity contribution < 1.29 is 23.1 Å². The summed E-state index contributed by atoms with van der Waals surface area (Å²) in [4.78, 5) is 14.3. The standard InChI is InChI=1S/C10H11F3N2O2/c1-9(2,8(16)17)15-7-4-3-6(5-14-7)10(11,12)13/h3-5H,1-2H3,(H,14,15)(H,16,17). The molecular weight excluding hydrogens is 237 g/mol. The minimum Gasteiger partial charge on any atom is -0.480 e. The number of alkyl halides is 3. The van der Waals surface area contributed by atoms with Gasteiger partial charge in [-0.3, -0.25) is 0 Å². The summed E-state index contributed by atoms with van der Waals surface area (Å²) in [5.74, 6) is -1.05. The van der Waals surface area contributed by atoms with Crippen LogP contribution in [0.3, 0.4) is 0 Å². The number of nitrogens with zero attached hydrogens (tertiary/aromatic N) is 1. The lowest BCUT2D eigenvalue weighted by Gasteiger charge is -2.21. The Balaban J connectivity index is 2.86. The molecule has 4 nitrogen and oxygen atoms in total. The number of rotatable bonds is 3. The molecule has 0 saturated heterocycles. The van der Waals surface area contributed by atoms with Crippen LogP contribution in [0, 0.1) is 0 Å². The van der Waals surface area contributed by atoms with Crippen LogP contribution in [-0.2, 0) is 11.0 Å². The first kappa shape index (κ1) is 13.3. The predicted molar refractivity (Wildman–Crippen MR) is 54.6 cm³/mol. The fraction of sp³-hybridized carbons (Fsp3) is 0.400. The summed E-state index contributed by atoms with van der Waals surface area (Å²) in [7, 11) is 0. The van der Waals surface area contributed by atoms with Crippen LogP contribution in [0.1, 0.15) is 19.4 Å². The number of nitrogens with one attached hydrogen (secondary N) is 1. The molecule has 1 rings (SSSR count). The fourth-order valence-corrected chi connectivity index (χ4v) is 1.01. The third-order valence-electron chi connectivity index (χ3n) is 2.07. The van der Waals surface area contributed by atoms with E-state index in [0.29, 0.717) is 6.20 Å². The number of aliphatic carboxylic acids is 1. The Bertz CT molecular complexity index is 413. The van der Waals surface area contributed by atoms with Crippen molar-refractivity contribution in [3.8, 4) is 0 Å². The van der Waals surface area contributed by atoms with E-state index in [0.717, 1.165) is 12.1 Å². The van der Waals surface area contributed by atoms with Crippen molar-refractivity contribution in [3.05, 3.63) is 23.9 Å². The van der Waals surface area contributed by atoms with E-state index in [1.54, 1.807) is 0 Å². The average molecular weight is 248 g/mol. The normalized spacial score (nSPS) is 12.3. The SMILES string of the molecule is CC(C)(Nc1ccc(C(F)(F)F)cn1)C(=O)O. The number of hydrogen-bond acceptors (Lipinski definition) is 3. The van der Waals surface area contributed by atoms with Gasteiger partial charge in [-0.1, -0.05) is 0 Å². The number of pyridine rings is 1. The van der Waals surface area contributed by atoms with Crippen LogP contribution in [0.15, 0.2) is 18.3 Å². The monoisotopic (exact) mass is 248 g/mol. The van der Waals surface area contributed by atoms with E-state index in [9.17, 15) is 18.0 Å². The minimum absolute atomic E-state index is 0.0744. The molecule has 0 aliphatic rings. The quantitative estimate of drug-likeness (QED) is 0.862. The van der Waals surface area contributed by atoms with Crippen molar-refractivity contribution in [3.63, 3.8) is 0 Å². The van der Waals surface area contributed by atoms with Crippen molar-refractivity contribution >= 4 is 11.8 Å². The van der Waals surface area contributed by atoms with Gasteiger partial charge in [0.25, 0.3) is 0 Å². The summed E-state index contributed by atoms with van der Waals surface area (Å²) in [6.45, 7) is 2.77. The summed E-state index contributed by atoms with van der Waals surface area (Å²) in [6, 6.07) is 1.93. The first-order chi connectivity index (χ1) is 7.63. The lowest BCUT2D eigenvalue weighted by atomic mass is 10.1. The number of carboxylic acid groups (broad SMARTS) is 1. The van der Waals surface area contributed by atoms with E-state index < -0.39 is 23.2 Å². The molecule has 1 aromatic heterocycles. The molecule has 0 spiro atoms. The van der Waals surface area contributed by atoms with Gasteiger partial charge in [-0.15, -0.1) is 0 Å². The number of hydrogen-bond donors (Lipinski definition) is 2. The molecule has 0 bridgehead atoms. The maximum absolute atomic E-state index is 12.2. The highest BCUT2D eigenvalue weighted by atomic mass is 19.4. The van der Waals surface area contributed by atoms with Gasteiger partial charge in [-0.25, -0.2) is 9.78 Å². The number of aromatic nitrogens is 1. The molecule has 0 atom stereocenters. The third kappa shape index (κ3) is 3.33. The highest BCUT2D eigenvalue weighted by molar-refractivity contribution is 5.81. The molecule has 0 fully saturated rings. The maximum atomic E-state index is 12.2. The average Bonchev–Trinajstić information content (AvgIpc) is 2.16. The van der Waals surface area contributed by atoms with Crippen LogP contribution in [0.5, 0.6) is 0 Å². The molecule has 0 saturated carbocycles. The Kier molecular flexibility index (Phi) is 3.30. The van der Waals surface area contributed by atoms with Crippen molar-refractivity contribution in [2.24, 2.45) is 0 Å². The van der Waals surface area contributed by atoms with Gasteiger partial charge in [-0.2, -0.15) is 13.2 Å². The molecule has 7 heteroatoms. The topological polar surface area (TPSA) is 62.2 Å². The van der Waals surface area contributed by atoms with Crippen molar-refractivity contribution in [2.45, 2.75) is 25.6 Å². The maximum Gasteiger partial charge on any atom is 0.417 e. The van der Waals surface area contributed by atoms with Gasteiger partial charge >= 0.3 is 12.1 Å². The van der Waals surface area contributed by atoms with Crippen molar-refractivity contribution in [2.75, 3.05) is 5.32 Å². The Hall–Kier alpha value is -1.79. The Morgan fingerprint density at radius 1 is 1.35 bits per heavy atom. The third-order valence-corrected chi connectivity index (χ3v) is 2.07. The van der Waals surface area contributed by atoms with Gasteiger partial charge in [-0.05, 0) is 26.0 Å². The van der Waals surface area contributed by atoms with Crippen molar-refractivity contribution in [1.82, 2.24) is 4.98 Å². The van der Waals surface area contributed by atoms with Crippen LogP contribution in [0.2, 0.25) is 0 Å². The summed E-state index contributed by atoms with van der Waals surface area (Å²) in [5.41, 5.74) is -2.18. The molecule has 1 aromatic rings. The van der Waals surface area contributed by atoms with Gasteiger partial charge < -0.3 is 10.4 Å². The van der Waals surface area contributed by atoms with Gasteiger partial charge in [0, 0.05) is 6.20 Å². The lowest BCUT2D eigenvalue weighted by molar-refractivity contribution is -0.141. The largest absolute Gasteiger partial charge is 0.480 e. The Morgan fingerprint density at radius 3 is 2.29 bits per heavy atom. The Labute approximate surface area is 95.5 Å². The fourth-order valence-electron chi connectivity index (χ4n) is 1.01. The lowest BCUT2D eigenvalue weighted by Crippen LogP contribution is -2.40. The van der Waals surface area contributed by atoms with Gasteiger partial charge in [0.1, 0.15) is 11.4 Å². The molecule has 17 heavy (non-hydrogen) atoms. The van der Waals surface area contributed by atoms with Crippen LogP contribution in [0.4, 0.5) is 19.0 Å². The van der Waals surface area contributed by atoms with E-state index in [2.05, 4.69) is 10.3 Å². The molecule has 0 aliphatic carbocycles. The molecule has 94 valence electrons. The van der Waals surface area contributed by atoms with Gasteiger partial charge in [0.15, 0.2) is 0 Å². The molecule has 0 unspecified atom stereocenters. The number of carboxylic acids is 1. The van der Waals surface area contributed by atoms with Gasteiger partial charge in [0.05, 0.1) is 5.56 Å². The zero-order valence-electron chi connectivity index (χ0n) is 9.17. The van der Waals surface area contributed by atoms with E-state index in [4.69, 9.17) is 5.11 Å². The van der Waals surface area contributed by atoms with E-state index in [1.807, 2.05) is 0 Å². The molecule has 0 amide bonds. The van der Waals surface area contributed by atoms with E-state index in [-0.39, 0.29) is 5.82 Å². The summed E-state index contributed by atoms with van der Waals surface area (Å²) < 4.78 is 36.7. The number of halogens is 3. The Morgan fingerprint density at radius 2 is 1.94 bits per heavy atom. The second-order valence-corrected chi connectivity index (χ2v) is 3.99. The van der Waals surface area contributed by atoms with Crippen LogP contribution in [-0.4, -0.2) is 21.6 Å². The minimum atomic E-state index is -4.45. The first-order valence-corrected chi connectivity index (χ1v) is 4.68. The van der Waals surface area contributed by atoms with E-state index in [1.165, 1.54) is 13.8 Å². The summed E-state index contributed by atoms with van der Waals surface area (Å²) in [5, 5.41) is 11.3. The molecule has 0 aromatic carbocycles. The zero-order valence-corrected chi connectivity index (χ0v) is 9.17. The van der Waals surface area contributed by atoms with Crippen molar-refractivity contribution in [1.29, 1.82) is 0 Å². The number of anilines is 1. The second kappa shape index (κ2) is 4.23. The smallest absolute Gasteiger partial charge is 0.417 e. The second-order valence-electron chi connectivity index (χ2n) is 3.99. The first-order valence-electron chi connectivity index (χ1n) is 4.68. The molecule has 0 aliphatic heterocycles. The highest BCUT2D eigenvalue weighted by Gasteiger charge is 2.31. The number of carbonyl (C=O) groups is 1. The molecule has 0 radical (unpaired) electrons. The van der Waals surface area contributed by atoms with Crippen LogP contribution < -0.4 is 5.32 Å². The molecule has 2 N–H and O–H groups in total. The predicted octanol–water partition coefficient (Wildman–Crippen LogP) is 2.38. The molecule has 1 heterocycles. The zero-order chi connectivity index (χ0) is 13.3. The van der Waals surface area contributed by atoms with E-state index >= 15 is 0 Å². The van der Waals surface area contributed by atoms with Crippen LogP contribution >= 0.6 is 0 Å². The summed E-state index contributed by atoms with van der Waals surface area (Å²) >= 11 is 0. The van der Waals surface area contributed by atoms with Gasteiger partial charge in [0.2, 0.25) is 0 Å². The van der Waals surface area contributed by atoms with Crippen LogP contribution in [0.25, 0.3) is 0 Å².